The Bertz CT molecular complexity index is 937. The van der Waals surface area contributed by atoms with Crippen molar-refractivity contribution in [3.8, 4) is 0 Å². The van der Waals surface area contributed by atoms with Crippen molar-refractivity contribution in [3.05, 3.63) is 28.8 Å². The van der Waals surface area contributed by atoms with E-state index in [1.807, 2.05) is 11.9 Å². The third kappa shape index (κ3) is 9.45. The fraction of sp³-hybridized carbons (Fsp3) is 0.714. The lowest BCUT2D eigenvalue weighted by molar-refractivity contribution is -0.246. The molecule has 1 aromatic carbocycles. The third-order valence-corrected chi connectivity index (χ3v) is 8.97. The molecule has 2 aliphatic rings. The molecule has 0 aromatic heterocycles. The van der Waals surface area contributed by atoms with Crippen LogP contribution >= 0.6 is 11.9 Å². The highest BCUT2D eigenvalue weighted by molar-refractivity contribution is 7.97. The van der Waals surface area contributed by atoms with Crippen LogP contribution in [0.4, 0.5) is 23.7 Å². The van der Waals surface area contributed by atoms with E-state index < -0.39 is 12.6 Å². The maximum atomic E-state index is 12.2. The normalized spacial score (nSPS) is 17.5. The van der Waals surface area contributed by atoms with E-state index in [0.29, 0.717) is 6.42 Å². The number of anilines is 1. The van der Waals surface area contributed by atoms with Crippen LogP contribution in [0, 0.1) is 13.8 Å². The first-order chi connectivity index (χ1) is 18.0. The number of nitrogens with one attached hydrogen (secondary N) is 1. The van der Waals surface area contributed by atoms with Gasteiger partial charge in [0.2, 0.25) is 0 Å². The molecule has 1 fully saturated rings. The molecule has 2 heterocycles. The molecule has 2 amide bonds. The van der Waals surface area contributed by atoms with Crippen LogP contribution in [-0.4, -0.2) is 60.3 Å². The first kappa shape index (κ1) is 30.8. The van der Waals surface area contributed by atoms with Crippen LogP contribution in [0.15, 0.2) is 17.1 Å². The Morgan fingerprint density at radius 3 is 2.29 bits per heavy atom. The minimum atomic E-state index is -4.02. The number of benzene rings is 1. The summed E-state index contributed by atoms with van der Waals surface area (Å²) in [7, 11) is 1.76. The molecule has 3 rings (SSSR count). The number of alkyl halides is 3. The van der Waals surface area contributed by atoms with Crippen LogP contribution < -0.4 is 16.0 Å². The molecule has 10 heteroatoms. The molecule has 0 bridgehead atoms. The number of carbonyl (C=O) groups is 1. The molecule has 1 aromatic rings. The summed E-state index contributed by atoms with van der Waals surface area (Å²) in [6, 6.07) is 3.94. The Morgan fingerprint density at radius 1 is 1.08 bits per heavy atom. The van der Waals surface area contributed by atoms with Crippen molar-refractivity contribution < 1.29 is 23.7 Å². The van der Waals surface area contributed by atoms with Gasteiger partial charge in [-0.3, -0.25) is 19.9 Å². The predicted octanol–water partition coefficient (Wildman–Crippen LogP) is 5.81. The van der Waals surface area contributed by atoms with Crippen molar-refractivity contribution in [3.63, 3.8) is 0 Å². The molecule has 2 aliphatic heterocycles. The Morgan fingerprint density at radius 2 is 1.68 bits per heavy atom. The number of halogens is 3. The van der Waals surface area contributed by atoms with Crippen LogP contribution in [0.1, 0.15) is 80.9 Å². The van der Waals surface area contributed by atoms with Gasteiger partial charge in [-0.05, 0) is 74.8 Å². The second kappa shape index (κ2) is 14.0. The highest BCUT2D eigenvalue weighted by Gasteiger charge is 2.38. The number of piperidine rings is 1. The number of unbranched alkanes of at least 4 members (excludes halogenated alkanes) is 5. The maximum absolute atomic E-state index is 12.2. The number of nitrogens with zero attached hydrogens (tertiary/aromatic N) is 3. The van der Waals surface area contributed by atoms with E-state index in [0.717, 1.165) is 88.3 Å². The van der Waals surface area contributed by atoms with Gasteiger partial charge < -0.3 is 5.32 Å². The predicted molar refractivity (Wildman–Crippen MR) is 151 cm³/mol. The summed E-state index contributed by atoms with van der Waals surface area (Å²) in [6.45, 7) is 7.18. The van der Waals surface area contributed by atoms with Gasteiger partial charge in [0, 0.05) is 44.4 Å². The smallest absolute Gasteiger partial charge is 0.366 e. The second-order valence-electron chi connectivity index (χ2n) is 10.9. The summed E-state index contributed by atoms with van der Waals surface area (Å²) in [4.78, 5) is 18.0. The first-order valence-corrected chi connectivity index (χ1v) is 14.9. The number of amidine groups is 1. The molecule has 4 N–H and O–H groups in total. The quantitative estimate of drug-likeness (QED) is 0.237. The molecule has 38 heavy (non-hydrogen) atoms. The largest absolute Gasteiger partial charge is 0.418 e. The van der Waals surface area contributed by atoms with Gasteiger partial charge in [-0.1, -0.05) is 37.6 Å². The minimum Gasteiger partial charge on any atom is -0.366 e. The van der Waals surface area contributed by atoms with E-state index in [4.69, 9.17) is 4.99 Å². The van der Waals surface area contributed by atoms with Gasteiger partial charge in [-0.25, -0.2) is 4.79 Å². The number of carbonyl (C=O) groups excluding carboxylic acids is 1. The van der Waals surface area contributed by atoms with Crippen molar-refractivity contribution >= 4 is 29.5 Å². The fourth-order valence-corrected chi connectivity index (χ4v) is 6.40. The lowest BCUT2D eigenvalue weighted by Crippen LogP contribution is -2.63. The zero-order chi connectivity index (χ0) is 27.8. The number of amides is 2. The molecule has 0 radical (unpaired) electrons. The van der Waals surface area contributed by atoms with E-state index in [1.54, 1.807) is 11.9 Å². The van der Waals surface area contributed by atoms with Crippen LogP contribution in [0.2, 0.25) is 0 Å². The van der Waals surface area contributed by atoms with Crippen molar-refractivity contribution in [1.29, 1.82) is 0 Å². The minimum absolute atomic E-state index is 0.102. The Hall–Kier alpha value is -1.78. The van der Waals surface area contributed by atoms with Gasteiger partial charge in [-0.2, -0.15) is 13.2 Å². The Kier molecular flexibility index (Phi) is 11.4. The maximum Gasteiger partial charge on any atom is 0.418 e. The van der Waals surface area contributed by atoms with E-state index in [2.05, 4.69) is 41.3 Å². The number of quaternary nitrogens is 1. The lowest BCUT2D eigenvalue weighted by atomic mass is 9.89. The monoisotopic (exact) mass is 556 g/mol. The molecule has 0 atom stereocenters. The van der Waals surface area contributed by atoms with Gasteiger partial charge in [0.05, 0.1) is 17.9 Å². The molecule has 1 saturated heterocycles. The van der Waals surface area contributed by atoms with E-state index in [1.165, 1.54) is 16.7 Å². The second-order valence-corrected chi connectivity index (χ2v) is 12.1. The standard InChI is InChI=1S/C28H44F3N5OS/c1-21-18-23(35(3)26(32)37)19-22(2)24(21)11-17-38-36-15-13-27(14-16-36)20-33-25(34-27)10-8-6-4-5-7-9-12-28(29,30)31/h18-19H,4-17,20H2,1-3H3,(H2,32,37)(H,33,34)/p+1. The van der Waals surface area contributed by atoms with Gasteiger partial charge >= 0.3 is 12.2 Å². The van der Waals surface area contributed by atoms with Crippen molar-refractivity contribution in [2.75, 3.05) is 37.3 Å². The number of urea groups is 1. The van der Waals surface area contributed by atoms with E-state index in [9.17, 15) is 18.0 Å². The summed E-state index contributed by atoms with van der Waals surface area (Å²) >= 11 is 1.93. The van der Waals surface area contributed by atoms with Gasteiger partial charge in [0.15, 0.2) is 0 Å². The molecule has 0 unspecified atom stereocenters. The van der Waals surface area contributed by atoms with E-state index in [-0.39, 0.29) is 18.0 Å². The summed E-state index contributed by atoms with van der Waals surface area (Å²) in [5.41, 5.74) is 8.28. The topological polar surface area (TPSA) is 75.6 Å². The van der Waals surface area contributed by atoms with E-state index >= 15 is 0 Å². The van der Waals surface area contributed by atoms with Gasteiger partial charge in [0.1, 0.15) is 0 Å². The number of aryl methyl sites for hydroxylation is 2. The van der Waals surface area contributed by atoms with Gasteiger partial charge in [0.25, 0.3) is 0 Å². The SMILES string of the molecule is Cc1cc(N(C)C([NH3+])=O)cc(C)c1CCSN1CCC2(CC1)CN=C(CCCCCCCCC(F)(F)F)N2. The van der Waals surface area contributed by atoms with Crippen LogP contribution in [0.3, 0.4) is 0 Å². The number of hydrogen-bond acceptors (Lipinski definition) is 5. The Labute approximate surface area is 230 Å². The van der Waals surface area contributed by atoms with Crippen LogP contribution in [0.25, 0.3) is 0 Å². The average molecular weight is 557 g/mol. The number of hydrogen-bond donors (Lipinski definition) is 2. The molecule has 214 valence electrons. The fourth-order valence-electron chi connectivity index (χ4n) is 5.40. The highest BCUT2D eigenvalue weighted by Crippen LogP contribution is 2.31. The van der Waals surface area contributed by atoms with Crippen molar-refractivity contribution in [1.82, 2.24) is 9.62 Å². The molecule has 6 nitrogen and oxygen atoms in total. The molecule has 0 aliphatic carbocycles. The molecular weight excluding hydrogens is 511 g/mol. The summed E-state index contributed by atoms with van der Waals surface area (Å²) < 4.78 is 39.1. The van der Waals surface area contributed by atoms with Crippen LogP contribution in [-0.2, 0) is 6.42 Å². The number of aliphatic imine (C=N–C) groups is 1. The lowest BCUT2D eigenvalue weighted by Gasteiger charge is -2.38. The summed E-state index contributed by atoms with van der Waals surface area (Å²) in [5, 5.41) is 3.73. The average Bonchev–Trinajstić information content (AvgIpc) is 3.24. The summed E-state index contributed by atoms with van der Waals surface area (Å²) in [5.74, 6) is 2.15. The molecular formula is C28H45F3N5OS+. The van der Waals surface area contributed by atoms with Crippen LogP contribution in [0.5, 0.6) is 0 Å². The van der Waals surface area contributed by atoms with Crippen molar-refractivity contribution in [2.45, 2.75) is 96.2 Å². The zero-order valence-electron chi connectivity index (χ0n) is 23.3. The highest BCUT2D eigenvalue weighted by atomic mass is 32.2. The number of rotatable bonds is 13. The van der Waals surface area contributed by atoms with Gasteiger partial charge in [-0.15, -0.1) is 0 Å². The molecule has 1 spiro atoms. The molecule has 0 saturated carbocycles. The third-order valence-electron chi connectivity index (χ3n) is 7.85. The zero-order valence-corrected chi connectivity index (χ0v) is 24.1. The first-order valence-electron chi connectivity index (χ1n) is 13.9. The summed E-state index contributed by atoms with van der Waals surface area (Å²) in [6.07, 6.45) is 4.34. The van der Waals surface area contributed by atoms with Crippen molar-refractivity contribution in [2.24, 2.45) is 4.99 Å². The Balaban J connectivity index is 1.30.